The highest BCUT2D eigenvalue weighted by Crippen LogP contribution is 2.30. The third-order valence-corrected chi connectivity index (χ3v) is 4.21. The van der Waals surface area contributed by atoms with E-state index in [0.717, 1.165) is 21.3 Å². The molecule has 0 amide bonds. The first-order valence-electron chi connectivity index (χ1n) is 7.16. The minimum Gasteiger partial charge on any atom is -0.457 e. The fourth-order valence-corrected chi connectivity index (χ4v) is 2.78. The lowest BCUT2D eigenvalue weighted by atomic mass is 10.3. The molecule has 3 aromatic carbocycles. The van der Waals surface area contributed by atoms with Gasteiger partial charge < -0.3 is 9.47 Å². The maximum Gasteiger partial charge on any atom is 0.131 e. The zero-order valence-corrected chi connectivity index (χ0v) is 14.3. The van der Waals surface area contributed by atoms with E-state index in [4.69, 9.17) is 19.8 Å². The number of hydrogen-bond acceptors (Lipinski definition) is 6. The summed E-state index contributed by atoms with van der Waals surface area (Å²) >= 11 is 2.37. The van der Waals surface area contributed by atoms with Crippen LogP contribution in [-0.4, -0.2) is 0 Å². The van der Waals surface area contributed by atoms with Crippen molar-refractivity contribution in [2.75, 3.05) is 0 Å². The molecule has 0 atom stereocenters. The molecular formula is C18H16N2O2S2. The normalized spacial score (nSPS) is 10.4. The van der Waals surface area contributed by atoms with E-state index in [1.54, 1.807) is 0 Å². The van der Waals surface area contributed by atoms with Crippen LogP contribution in [0, 0.1) is 0 Å². The van der Waals surface area contributed by atoms with Gasteiger partial charge in [-0.1, -0.05) is 18.2 Å². The zero-order valence-electron chi connectivity index (χ0n) is 12.7. The second kappa shape index (κ2) is 8.12. The third kappa shape index (κ3) is 4.46. The molecule has 0 saturated heterocycles. The molecule has 0 aliphatic rings. The van der Waals surface area contributed by atoms with Crippen molar-refractivity contribution in [2.24, 2.45) is 10.3 Å². The highest BCUT2D eigenvalue weighted by Gasteiger charge is 2.03. The van der Waals surface area contributed by atoms with Gasteiger partial charge in [-0.25, -0.2) is 0 Å². The number of hydrogen-bond donors (Lipinski definition) is 2. The molecule has 3 aromatic rings. The molecule has 122 valence electrons. The lowest BCUT2D eigenvalue weighted by Crippen LogP contribution is -1.88. The molecule has 0 unspecified atom stereocenters. The van der Waals surface area contributed by atoms with Gasteiger partial charge >= 0.3 is 0 Å². The van der Waals surface area contributed by atoms with Crippen molar-refractivity contribution in [3.8, 4) is 23.0 Å². The van der Waals surface area contributed by atoms with Gasteiger partial charge in [0.25, 0.3) is 0 Å². The van der Waals surface area contributed by atoms with E-state index in [1.807, 2.05) is 72.8 Å². The van der Waals surface area contributed by atoms with Crippen molar-refractivity contribution in [1.82, 2.24) is 0 Å². The van der Waals surface area contributed by atoms with Gasteiger partial charge in [-0.3, -0.25) is 10.3 Å². The Morgan fingerprint density at radius 2 is 0.917 bits per heavy atom. The van der Waals surface area contributed by atoms with E-state index in [1.165, 1.54) is 23.9 Å². The van der Waals surface area contributed by atoms with Crippen LogP contribution in [0.4, 0.5) is 0 Å². The fourth-order valence-electron chi connectivity index (χ4n) is 2.10. The van der Waals surface area contributed by atoms with Gasteiger partial charge in [0, 0.05) is 15.9 Å². The first kappa shape index (κ1) is 16.7. The van der Waals surface area contributed by atoms with Crippen LogP contribution < -0.4 is 19.8 Å². The van der Waals surface area contributed by atoms with E-state index in [9.17, 15) is 0 Å². The predicted octanol–water partition coefficient (Wildman–Crippen LogP) is 5.20. The molecule has 0 spiro atoms. The van der Waals surface area contributed by atoms with Crippen LogP contribution in [0.3, 0.4) is 0 Å². The number of rotatable bonds is 6. The van der Waals surface area contributed by atoms with Crippen molar-refractivity contribution in [2.45, 2.75) is 9.79 Å². The van der Waals surface area contributed by atoms with Crippen LogP contribution in [-0.2, 0) is 0 Å². The summed E-state index contributed by atoms with van der Waals surface area (Å²) in [7, 11) is 0. The molecule has 0 radical (unpaired) electrons. The monoisotopic (exact) mass is 356 g/mol. The van der Waals surface area contributed by atoms with Gasteiger partial charge in [0.1, 0.15) is 23.0 Å². The van der Waals surface area contributed by atoms with Gasteiger partial charge in [0.2, 0.25) is 0 Å². The van der Waals surface area contributed by atoms with Crippen molar-refractivity contribution in [3.63, 3.8) is 0 Å². The lowest BCUT2D eigenvalue weighted by Gasteiger charge is -2.10. The molecule has 0 heterocycles. The lowest BCUT2D eigenvalue weighted by molar-refractivity contribution is 0.459. The Balaban J connectivity index is 1.76. The summed E-state index contributed by atoms with van der Waals surface area (Å²) in [5.74, 6) is 2.83. The summed E-state index contributed by atoms with van der Waals surface area (Å²) in [4.78, 5) is 1.88. The third-order valence-electron chi connectivity index (χ3n) is 3.16. The smallest absolute Gasteiger partial charge is 0.131 e. The minimum absolute atomic E-state index is 0.691. The Morgan fingerprint density at radius 3 is 1.33 bits per heavy atom. The van der Waals surface area contributed by atoms with Crippen LogP contribution in [0.5, 0.6) is 23.0 Å². The maximum atomic E-state index is 5.87. The summed E-state index contributed by atoms with van der Waals surface area (Å²) in [6, 6.07) is 22.7. The minimum atomic E-state index is 0.691. The topological polar surface area (TPSA) is 70.5 Å². The molecule has 0 fully saturated rings. The summed E-state index contributed by atoms with van der Waals surface area (Å²) < 4.78 is 11.7. The van der Waals surface area contributed by atoms with Gasteiger partial charge in [-0.15, -0.1) is 0 Å². The van der Waals surface area contributed by atoms with Crippen LogP contribution >= 0.6 is 23.9 Å². The fraction of sp³-hybridized carbons (Fsp3) is 0. The Kier molecular flexibility index (Phi) is 5.66. The molecular weight excluding hydrogens is 340 g/mol. The molecule has 0 aliphatic carbocycles. The van der Waals surface area contributed by atoms with Crippen LogP contribution in [0.2, 0.25) is 0 Å². The van der Waals surface area contributed by atoms with Crippen molar-refractivity contribution in [3.05, 3.63) is 72.8 Å². The van der Waals surface area contributed by atoms with E-state index in [-0.39, 0.29) is 0 Å². The Hall–Kier alpha value is -2.12. The molecule has 4 nitrogen and oxygen atoms in total. The Labute approximate surface area is 149 Å². The summed E-state index contributed by atoms with van der Waals surface area (Å²) in [6.07, 6.45) is 0. The maximum absolute atomic E-state index is 5.87. The van der Waals surface area contributed by atoms with E-state index < -0.39 is 0 Å². The summed E-state index contributed by atoms with van der Waals surface area (Å²) in [6.45, 7) is 0. The number of benzene rings is 3. The van der Waals surface area contributed by atoms with Gasteiger partial charge in [0.05, 0.1) is 0 Å². The van der Waals surface area contributed by atoms with Crippen LogP contribution in [0.15, 0.2) is 82.6 Å². The van der Waals surface area contributed by atoms with E-state index in [0.29, 0.717) is 11.5 Å². The SMILES string of the molecule is NSc1cccc(Oc2cccc(Oc3cccc(SN)c3)c2)c1. The van der Waals surface area contributed by atoms with Crippen molar-refractivity contribution < 1.29 is 9.47 Å². The highest BCUT2D eigenvalue weighted by molar-refractivity contribution is 7.97. The second-order valence-electron chi connectivity index (χ2n) is 4.86. The predicted molar refractivity (Wildman–Crippen MR) is 99.6 cm³/mol. The Bertz CT molecular complexity index is 763. The largest absolute Gasteiger partial charge is 0.457 e. The first-order chi connectivity index (χ1) is 11.8. The van der Waals surface area contributed by atoms with Crippen molar-refractivity contribution >= 4 is 23.9 Å². The van der Waals surface area contributed by atoms with Crippen molar-refractivity contribution in [1.29, 1.82) is 0 Å². The van der Waals surface area contributed by atoms with E-state index >= 15 is 0 Å². The molecule has 3 rings (SSSR count). The van der Waals surface area contributed by atoms with Gasteiger partial charge in [0.15, 0.2) is 0 Å². The quantitative estimate of drug-likeness (QED) is 0.591. The molecule has 24 heavy (non-hydrogen) atoms. The molecule has 0 saturated carbocycles. The molecule has 0 aromatic heterocycles. The average Bonchev–Trinajstić information content (AvgIpc) is 2.62. The van der Waals surface area contributed by atoms with E-state index in [2.05, 4.69) is 0 Å². The summed E-state index contributed by atoms with van der Waals surface area (Å²) in [5, 5.41) is 11.2. The average molecular weight is 356 g/mol. The number of ether oxygens (including phenoxy) is 2. The zero-order chi connectivity index (χ0) is 16.8. The summed E-state index contributed by atoms with van der Waals surface area (Å²) in [5.41, 5.74) is 0. The highest BCUT2D eigenvalue weighted by atomic mass is 32.2. The molecule has 6 heteroatoms. The first-order valence-corrected chi connectivity index (χ1v) is 8.92. The van der Waals surface area contributed by atoms with Gasteiger partial charge in [-0.05, 0) is 72.4 Å². The number of nitrogens with two attached hydrogens (primary N) is 2. The standard InChI is InChI=1S/C18H16N2O2S2/c19-23-17-8-2-6-15(11-17)21-13-4-1-5-14(10-13)22-16-7-3-9-18(12-16)24-20/h1-12H,19-20H2. The molecule has 4 N–H and O–H groups in total. The van der Waals surface area contributed by atoms with Crippen LogP contribution in [0.25, 0.3) is 0 Å². The van der Waals surface area contributed by atoms with Gasteiger partial charge in [-0.2, -0.15) is 0 Å². The Morgan fingerprint density at radius 1 is 0.542 bits per heavy atom. The molecule has 0 aliphatic heterocycles. The van der Waals surface area contributed by atoms with Crippen LogP contribution in [0.1, 0.15) is 0 Å². The second-order valence-corrected chi connectivity index (χ2v) is 6.28. The molecule has 0 bridgehead atoms.